The second-order valence-electron chi connectivity index (χ2n) is 13.4. The lowest BCUT2D eigenvalue weighted by Gasteiger charge is -2.56. The molecule has 0 amide bonds. The summed E-state index contributed by atoms with van der Waals surface area (Å²) in [7, 11) is 0. The zero-order chi connectivity index (χ0) is 24.8. The van der Waals surface area contributed by atoms with Gasteiger partial charge >= 0.3 is 5.97 Å². The molecule has 35 heavy (non-hydrogen) atoms. The Morgan fingerprint density at radius 2 is 1.91 bits per heavy atom. The largest absolute Gasteiger partial charge is 0.462 e. The first-order chi connectivity index (χ1) is 16.6. The van der Waals surface area contributed by atoms with Crippen LogP contribution < -0.4 is 0 Å². The van der Waals surface area contributed by atoms with E-state index in [9.17, 15) is 9.59 Å². The molecule has 4 aliphatic carbocycles. The van der Waals surface area contributed by atoms with Gasteiger partial charge in [0.25, 0.3) is 0 Å². The van der Waals surface area contributed by atoms with Gasteiger partial charge in [-0.2, -0.15) is 0 Å². The number of ketones is 1. The molecule has 5 fully saturated rings. The first-order valence-corrected chi connectivity index (χ1v) is 14.4. The van der Waals surface area contributed by atoms with Crippen molar-refractivity contribution in [1.29, 1.82) is 0 Å². The van der Waals surface area contributed by atoms with E-state index < -0.39 is 5.79 Å². The predicted molar refractivity (Wildman–Crippen MR) is 132 cm³/mol. The van der Waals surface area contributed by atoms with Crippen LogP contribution >= 0.6 is 0 Å². The molecule has 0 aromatic carbocycles. The van der Waals surface area contributed by atoms with Crippen molar-refractivity contribution < 1.29 is 23.8 Å². The number of carbonyl (C=O) groups is 2. The lowest BCUT2D eigenvalue weighted by atomic mass is 9.48. The Hall–Kier alpha value is -1.20. The number of carbonyl (C=O) groups excluding carboxylic acids is 2. The maximum absolute atomic E-state index is 14.1. The topological polar surface area (TPSA) is 61.8 Å². The van der Waals surface area contributed by atoms with E-state index in [1.165, 1.54) is 5.57 Å². The molecular weight excluding hydrogens is 440 g/mol. The SMILES string of the molecule is CCC(=O)O[C@@H]1CC[C@]2(C)C3=CC(=O)[C@]4(C)[C@@H]5[C@@H](C[C@@H]4[C@H]3CC[C@H]2C1)O[C@]1(CC[C@H](C)CO1)[C@H]5C. The molecule has 0 N–H and O–H groups in total. The number of ether oxygens (including phenoxy) is 3. The molecular formula is C30H44O5. The number of fused-ring (bicyclic) bond motifs is 7. The van der Waals surface area contributed by atoms with Gasteiger partial charge in [-0.05, 0) is 80.1 Å². The lowest BCUT2D eigenvalue weighted by Crippen LogP contribution is -2.53. The first kappa shape index (κ1) is 24.2. The van der Waals surface area contributed by atoms with Crippen molar-refractivity contribution in [2.24, 2.45) is 46.3 Å². The summed E-state index contributed by atoms with van der Waals surface area (Å²) in [5, 5.41) is 0. The molecule has 1 spiro atoms. The smallest absolute Gasteiger partial charge is 0.305 e. The van der Waals surface area contributed by atoms with Crippen LogP contribution in [0.4, 0.5) is 0 Å². The van der Waals surface area contributed by atoms with E-state index in [2.05, 4.69) is 33.8 Å². The lowest BCUT2D eigenvalue weighted by molar-refractivity contribution is -0.271. The molecule has 5 nitrogen and oxygen atoms in total. The molecule has 194 valence electrons. The van der Waals surface area contributed by atoms with Crippen molar-refractivity contribution in [1.82, 2.24) is 0 Å². The Bertz CT molecular complexity index is 931. The molecule has 0 unspecified atom stereocenters. The number of rotatable bonds is 2. The van der Waals surface area contributed by atoms with Crippen molar-refractivity contribution in [3.63, 3.8) is 0 Å². The van der Waals surface area contributed by atoms with Crippen LogP contribution in [-0.2, 0) is 23.8 Å². The molecule has 5 heteroatoms. The van der Waals surface area contributed by atoms with Crippen molar-refractivity contribution in [2.75, 3.05) is 6.61 Å². The van der Waals surface area contributed by atoms with Gasteiger partial charge < -0.3 is 14.2 Å². The van der Waals surface area contributed by atoms with E-state index in [1.54, 1.807) is 0 Å². The Labute approximate surface area is 210 Å². The predicted octanol–water partition coefficient (Wildman–Crippen LogP) is 5.85. The maximum atomic E-state index is 14.1. The molecule has 0 bridgehead atoms. The van der Waals surface area contributed by atoms with Crippen LogP contribution in [0.15, 0.2) is 11.6 Å². The summed E-state index contributed by atoms with van der Waals surface area (Å²) in [6.45, 7) is 11.8. The molecule has 0 aromatic rings. The second kappa shape index (κ2) is 8.15. The Morgan fingerprint density at radius 1 is 1.11 bits per heavy atom. The minimum absolute atomic E-state index is 0.0386. The average molecular weight is 485 g/mol. The highest BCUT2D eigenvalue weighted by Gasteiger charge is 2.70. The van der Waals surface area contributed by atoms with Gasteiger partial charge in [0.1, 0.15) is 6.10 Å². The van der Waals surface area contributed by atoms with Crippen molar-refractivity contribution in [2.45, 2.75) is 110 Å². The zero-order valence-electron chi connectivity index (χ0n) is 22.3. The summed E-state index contributed by atoms with van der Waals surface area (Å²) in [6, 6.07) is 0. The summed E-state index contributed by atoms with van der Waals surface area (Å²) in [4.78, 5) is 26.0. The van der Waals surface area contributed by atoms with Gasteiger partial charge in [-0.3, -0.25) is 9.59 Å². The summed E-state index contributed by atoms with van der Waals surface area (Å²) in [6.07, 6.45) is 10.9. The quantitative estimate of drug-likeness (QED) is 0.460. The zero-order valence-corrected chi connectivity index (χ0v) is 22.3. The third-order valence-corrected chi connectivity index (χ3v) is 11.7. The van der Waals surface area contributed by atoms with Gasteiger partial charge in [-0.1, -0.05) is 40.2 Å². The normalized spacial score (nSPS) is 52.8. The Kier molecular flexibility index (Phi) is 5.62. The Balaban J connectivity index is 1.27. The molecule has 2 heterocycles. The van der Waals surface area contributed by atoms with Crippen LogP contribution in [0, 0.1) is 46.3 Å². The van der Waals surface area contributed by atoms with Crippen LogP contribution in [-0.4, -0.2) is 36.4 Å². The fraction of sp³-hybridized carbons (Fsp3) is 0.867. The van der Waals surface area contributed by atoms with Crippen molar-refractivity contribution in [3.05, 3.63) is 11.6 Å². The molecule has 6 aliphatic rings. The maximum Gasteiger partial charge on any atom is 0.305 e. The van der Waals surface area contributed by atoms with Gasteiger partial charge in [-0.15, -0.1) is 0 Å². The number of hydrogen-bond acceptors (Lipinski definition) is 5. The third-order valence-electron chi connectivity index (χ3n) is 11.7. The molecule has 2 saturated heterocycles. The van der Waals surface area contributed by atoms with E-state index >= 15 is 0 Å². The van der Waals surface area contributed by atoms with Gasteiger partial charge in [0.2, 0.25) is 0 Å². The van der Waals surface area contributed by atoms with E-state index in [1.807, 2.05) is 6.92 Å². The van der Waals surface area contributed by atoms with E-state index in [-0.39, 0.29) is 40.8 Å². The fourth-order valence-corrected chi connectivity index (χ4v) is 9.64. The molecule has 2 aliphatic heterocycles. The summed E-state index contributed by atoms with van der Waals surface area (Å²) in [5.41, 5.74) is 1.10. The highest BCUT2D eigenvalue weighted by atomic mass is 16.7. The average Bonchev–Trinajstić information content (AvgIpc) is 3.28. The highest BCUT2D eigenvalue weighted by Crippen LogP contribution is 2.69. The second-order valence-corrected chi connectivity index (χ2v) is 13.4. The minimum atomic E-state index is -0.488. The van der Waals surface area contributed by atoms with Crippen LogP contribution in [0.1, 0.15) is 92.4 Å². The molecule has 6 rings (SSSR count). The molecule has 11 atom stereocenters. The molecule has 0 aromatic heterocycles. The van der Waals surface area contributed by atoms with Gasteiger partial charge in [0.05, 0.1) is 12.7 Å². The molecule has 0 radical (unpaired) electrons. The van der Waals surface area contributed by atoms with Crippen LogP contribution in [0.25, 0.3) is 0 Å². The van der Waals surface area contributed by atoms with Crippen LogP contribution in [0.2, 0.25) is 0 Å². The van der Waals surface area contributed by atoms with E-state index in [4.69, 9.17) is 14.2 Å². The number of hydrogen-bond donors (Lipinski definition) is 0. The van der Waals surface area contributed by atoms with Crippen LogP contribution in [0.5, 0.6) is 0 Å². The monoisotopic (exact) mass is 484 g/mol. The standard InChI is InChI=1S/C30H44O5/c1-6-26(32)34-20-10-11-28(4)19(13-20)7-8-21-22(28)15-25(31)29(5)23(21)14-24-27(29)18(3)30(35-24)12-9-17(2)16-33-30/h15,17-21,23-24,27H,6-14,16H2,1-5H3/t17-,18-,19-,20+,21-,23+,24+,27-,28-,29+,30+/m0/s1. The number of esters is 1. The van der Waals surface area contributed by atoms with Crippen molar-refractivity contribution in [3.8, 4) is 0 Å². The Morgan fingerprint density at radius 3 is 2.63 bits per heavy atom. The van der Waals surface area contributed by atoms with Crippen LogP contribution in [0.3, 0.4) is 0 Å². The van der Waals surface area contributed by atoms with Gasteiger partial charge in [-0.25, -0.2) is 0 Å². The fourth-order valence-electron chi connectivity index (χ4n) is 9.64. The van der Waals surface area contributed by atoms with E-state index in [0.29, 0.717) is 35.9 Å². The first-order valence-electron chi connectivity index (χ1n) is 14.4. The van der Waals surface area contributed by atoms with Gasteiger partial charge in [0.15, 0.2) is 11.6 Å². The molecule has 3 saturated carbocycles. The van der Waals surface area contributed by atoms with Crippen molar-refractivity contribution >= 4 is 11.8 Å². The summed E-state index contributed by atoms with van der Waals surface area (Å²) >= 11 is 0. The minimum Gasteiger partial charge on any atom is -0.462 e. The third kappa shape index (κ3) is 3.32. The summed E-state index contributed by atoms with van der Waals surface area (Å²) in [5.74, 6) is 2.14. The highest BCUT2D eigenvalue weighted by molar-refractivity contribution is 5.97. The van der Waals surface area contributed by atoms with E-state index in [0.717, 1.165) is 58.0 Å². The summed E-state index contributed by atoms with van der Waals surface area (Å²) < 4.78 is 19.0. The van der Waals surface area contributed by atoms with Gasteiger partial charge in [0, 0.05) is 30.1 Å². The number of allylic oxidation sites excluding steroid dienone is 2.